The smallest absolute Gasteiger partial charge is 0.318 e. The monoisotopic (exact) mass is 303 g/mol. The second kappa shape index (κ2) is 6.75. The molecule has 1 aromatic carbocycles. The Morgan fingerprint density at radius 1 is 1.26 bits per heavy atom. The van der Waals surface area contributed by atoms with Gasteiger partial charge in [-0.05, 0) is 31.5 Å². The maximum absolute atomic E-state index is 11.5. The van der Waals surface area contributed by atoms with E-state index < -0.39 is 18.0 Å². The number of carbonyl (C=O) groups excluding carboxylic acids is 2. The number of hydrogen-bond donors (Lipinski definition) is 3. The van der Waals surface area contributed by atoms with E-state index in [0.717, 1.165) is 5.56 Å². The third kappa shape index (κ3) is 4.70. The van der Waals surface area contributed by atoms with Gasteiger partial charge in [-0.25, -0.2) is 4.79 Å². The van der Waals surface area contributed by atoms with Crippen molar-refractivity contribution in [3.05, 3.63) is 33.8 Å². The van der Waals surface area contributed by atoms with Gasteiger partial charge in [-0.15, -0.1) is 0 Å². The molecule has 0 heterocycles. The molecular weight excluding hydrogens is 289 g/mol. The number of nitrogens with two attached hydrogens (primary N) is 1. The van der Waals surface area contributed by atoms with E-state index in [1.807, 2.05) is 12.2 Å². The highest BCUT2D eigenvalue weighted by Crippen LogP contribution is 2.26. The summed E-state index contributed by atoms with van der Waals surface area (Å²) in [6, 6.07) is 3.48. The molecule has 104 valence electrons. The second-order valence-corrected chi connectivity index (χ2v) is 4.97. The number of hydrogen-bond acceptors (Lipinski definition) is 3. The molecule has 0 saturated heterocycles. The number of amides is 3. The molecule has 4 N–H and O–H groups in total. The summed E-state index contributed by atoms with van der Waals surface area (Å²) >= 11 is 11.9. The molecular formula is C12H15Cl2N3O2. The van der Waals surface area contributed by atoms with Crippen molar-refractivity contribution in [2.45, 2.75) is 25.9 Å². The summed E-state index contributed by atoms with van der Waals surface area (Å²) < 4.78 is 0. The largest absolute Gasteiger partial charge is 0.351 e. The normalized spacial score (nSPS) is 13.7. The van der Waals surface area contributed by atoms with Crippen LogP contribution in [0, 0.1) is 0 Å². The Hall–Kier alpha value is -1.30. The maximum Gasteiger partial charge on any atom is 0.318 e. The molecule has 1 aromatic rings. The summed E-state index contributed by atoms with van der Waals surface area (Å²) in [5, 5.41) is 6.07. The molecule has 3 amide bonds. The number of benzene rings is 1. The van der Waals surface area contributed by atoms with Gasteiger partial charge in [0.05, 0.1) is 6.04 Å². The fraction of sp³-hybridized carbons (Fsp3) is 0.333. The van der Waals surface area contributed by atoms with Crippen LogP contribution in [-0.2, 0) is 4.79 Å². The summed E-state index contributed by atoms with van der Waals surface area (Å²) in [5.41, 5.74) is 5.69. The van der Waals surface area contributed by atoms with Gasteiger partial charge in [0.2, 0.25) is 5.91 Å². The number of rotatable bonds is 4. The van der Waals surface area contributed by atoms with E-state index >= 15 is 0 Å². The first-order valence-corrected chi connectivity index (χ1v) is 6.38. The SMILES string of the molecule is CC(NC(C)c1ccc(Cl)cc1Cl)C(=O)NC(N)=O. The molecule has 0 aliphatic heterocycles. The highest BCUT2D eigenvalue weighted by molar-refractivity contribution is 6.35. The van der Waals surface area contributed by atoms with Crippen LogP contribution in [0.15, 0.2) is 18.2 Å². The minimum atomic E-state index is -0.879. The lowest BCUT2D eigenvalue weighted by Crippen LogP contribution is -2.47. The lowest BCUT2D eigenvalue weighted by Gasteiger charge is -2.20. The standard InChI is InChI=1S/C12H15Cl2N3O2/c1-6(9-4-3-8(13)5-10(9)14)16-7(2)11(18)17-12(15)19/h3-7,16H,1-2H3,(H3,15,17,18,19). The van der Waals surface area contributed by atoms with Crippen LogP contribution in [-0.4, -0.2) is 18.0 Å². The Balaban J connectivity index is 2.71. The molecule has 0 fully saturated rings. The Morgan fingerprint density at radius 2 is 1.89 bits per heavy atom. The van der Waals surface area contributed by atoms with Crippen molar-refractivity contribution < 1.29 is 9.59 Å². The van der Waals surface area contributed by atoms with Gasteiger partial charge in [0.1, 0.15) is 0 Å². The first-order chi connectivity index (χ1) is 8.81. The van der Waals surface area contributed by atoms with Gasteiger partial charge in [-0.1, -0.05) is 29.3 Å². The van der Waals surface area contributed by atoms with Crippen molar-refractivity contribution in [1.29, 1.82) is 0 Å². The van der Waals surface area contributed by atoms with E-state index in [4.69, 9.17) is 28.9 Å². The summed E-state index contributed by atoms with van der Waals surface area (Å²) in [4.78, 5) is 22.1. The van der Waals surface area contributed by atoms with Crippen molar-refractivity contribution >= 4 is 35.1 Å². The molecule has 0 aromatic heterocycles. The van der Waals surface area contributed by atoms with Gasteiger partial charge >= 0.3 is 6.03 Å². The quantitative estimate of drug-likeness (QED) is 0.797. The minimum Gasteiger partial charge on any atom is -0.351 e. The molecule has 0 saturated carbocycles. The zero-order valence-electron chi connectivity index (χ0n) is 10.5. The predicted molar refractivity (Wildman–Crippen MR) is 75.2 cm³/mol. The van der Waals surface area contributed by atoms with E-state index in [0.29, 0.717) is 10.0 Å². The summed E-state index contributed by atoms with van der Waals surface area (Å²) in [7, 11) is 0. The molecule has 0 aliphatic rings. The van der Waals surface area contributed by atoms with Crippen LogP contribution in [0.5, 0.6) is 0 Å². The molecule has 0 spiro atoms. The van der Waals surface area contributed by atoms with Crippen molar-refractivity contribution in [3.8, 4) is 0 Å². The van der Waals surface area contributed by atoms with Crippen LogP contribution >= 0.6 is 23.2 Å². The van der Waals surface area contributed by atoms with Gasteiger partial charge in [0.25, 0.3) is 0 Å². The lowest BCUT2D eigenvalue weighted by atomic mass is 10.1. The van der Waals surface area contributed by atoms with Gasteiger partial charge in [0.15, 0.2) is 0 Å². The van der Waals surface area contributed by atoms with Crippen molar-refractivity contribution in [2.24, 2.45) is 5.73 Å². The first kappa shape index (κ1) is 15.8. The average molecular weight is 304 g/mol. The topological polar surface area (TPSA) is 84.2 Å². The summed E-state index contributed by atoms with van der Waals surface area (Å²) in [6.07, 6.45) is 0. The molecule has 7 heteroatoms. The Labute approximate surface area is 121 Å². The van der Waals surface area contributed by atoms with Gasteiger partial charge in [-0.3, -0.25) is 15.4 Å². The molecule has 2 atom stereocenters. The third-order valence-electron chi connectivity index (χ3n) is 2.57. The van der Waals surface area contributed by atoms with Gasteiger partial charge in [-0.2, -0.15) is 0 Å². The molecule has 0 aliphatic carbocycles. The molecule has 0 bridgehead atoms. The average Bonchev–Trinajstić information content (AvgIpc) is 2.27. The number of urea groups is 1. The summed E-state index contributed by atoms with van der Waals surface area (Å²) in [5.74, 6) is -0.496. The molecule has 2 unspecified atom stereocenters. The molecule has 19 heavy (non-hydrogen) atoms. The van der Waals surface area contributed by atoms with E-state index in [9.17, 15) is 9.59 Å². The van der Waals surface area contributed by atoms with Crippen LogP contribution in [0.3, 0.4) is 0 Å². The highest BCUT2D eigenvalue weighted by Gasteiger charge is 2.18. The van der Waals surface area contributed by atoms with E-state index in [1.165, 1.54) is 0 Å². The lowest BCUT2D eigenvalue weighted by molar-refractivity contribution is -0.121. The number of nitrogens with one attached hydrogen (secondary N) is 2. The second-order valence-electron chi connectivity index (χ2n) is 4.13. The van der Waals surface area contributed by atoms with Crippen LogP contribution in [0.1, 0.15) is 25.5 Å². The van der Waals surface area contributed by atoms with Crippen LogP contribution in [0.25, 0.3) is 0 Å². The fourth-order valence-electron chi connectivity index (χ4n) is 1.62. The Kier molecular flexibility index (Phi) is 5.60. The zero-order chi connectivity index (χ0) is 14.6. The van der Waals surface area contributed by atoms with Crippen molar-refractivity contribution in [1.82, 2.24) is 10.6 Å². The number of halogens is 2. The van der Waals surface area contributed by atoms with Crippen molar-refractivity contribution in [3.63, 3.8) is 0 Å². The molecule has 5 nitrogen and oxygen atoms in total. The molecule has 1 rings (SSSR count). The van der Waals surface area contributed by atoms with E-state index in [-0.39, 0.29) is 6.04 Å². The van der Waals surface area contributed by atoms with E-state index in [1.54, 1.807) is 25.1 Å². The number of imide groups is 1. The van der Waals surface area contributed by atoms with Crippen LogP contribution < -0.4 is 16.4 Å². The summed E-state index contributed by atoms with van der Waals surface area (Å²) in [6.45, 7) is 3.47. The maximum atomic E-state index is 11.5. The Bertz CT molecular complexity index is 494. The molecule has 0 radical (unpaired) electrons. The Morgan fingerprint density at radius 3 is 2.42 bits per heavy atom. The van der Waals surface area contributed by atoms with Gasteiger partial charge < -0.3 is 5.73 Å². The van der Waals surface area contributed by atoms with Crippen molar-refractivity contribution in [2.75, 3.05) is 0 Å². The highest BCUT2D eigenvalue weighted by atomic mass is 35.5. The number of primary amides is 1. The van der Waals surface area contributed by atoms with Gasteiger partial charge in [0, 0.05) is 16.1 Å². The third-order valence-corrected chi connectivity index (χ3v) is 3.13. The zero-order valence-corrected chi connectivity index (χ0v) is 12.0. The fourth-order valence-corrected chi connectivity index (χ4v) is 2.19. The number of carbonyl (C=O) groups is 2. The predicted octanol–water partition coefficient (Wildman–Crippen LogP) is 2.23. The minimum absolute atomic E-state index is 0.182. The van der Waals surface area contributed by atoms with E-state index in [2.05, 4.69) is 5.32 Å². The van der Waals surface area contributed by atoms with Crippen LogP contribution in [0.4, 0.5) is 4.79 Å². The van der Waals surface area contributed by atoms with Crippen LogP contribution in [0.2, 0.25) is 10.0 Å². The first-order valence-electron chi connectivity index (χ1n) is 5.62.